The predicted octanol–water partition coefficient (Wildman–Crippen LogP) is -2.35. The minimum absolute atomic E-state index is 0.0546. The Kier molecular flexibility index (Phi) is 10.3. The highest BCUT2D eigenvalue weighted by Crippen LogP contribution is 2.03. The Labute approximate surface area is 166 Å². The lowest BCUT2D eigenvalue weighted by molar-refractivity contribution is -0.995. The molecule has 0 bridgehead atoms. The largest absolute Gasteiger partial charge is 0.592 e. The van der Waals surface area contributed by atoms with E-state index in [1.807, 2.05) is 7.05 Å². The summed E-state index contributed by atoms with van der Waals surface area (Å²) in [7, 11) is -2.68. The molecule has 2 unspecified atom stereocenters. The molecular formula is C13H25N7O8S. The summed E-state index contributed by atoms with van der Waals surface area (Å²) in [4.78, 5) is 9.75. The van der Waals surface area contributed by atoms with Crippen molar-refractivity contribution in [3.05, 3.63) is 35.2 Å². The Morgan fingerprint density at radius 3 is 1.62 bits per heavy atom. The second-order valence-corrected chi connectivity index (χ2v) is 6.85. The third-order valence-corrected chi connectivity index (χ3v) is 3.69. The number of nitrogens with zero attached hydrogens (tertiary/aromatic N) is 5. The van der Waals surface area contributed by atoms with E-state index in [1.165, 1.54) is 12.4 Å². The van der Waals surface area contributed by atoms with Gasteiger partial charge in [-0.05, 0) is 33.0 Å². The summed E-state index contributed by atoms with van der Waals surface area (Å²) in [6.07, 6.45) is 7.90. The lowest BCUT2D eigenvalue weighted by Gasteiger charge is -2.18. The summed E-state index contributed by atoms with van der Waals surface area (Å²) in [5.41, 5.74) is 0. The quantitative estimate of drug-likeness (QED) is 0.170. The zero-order valence-electron chi connectivity index (χ0n) is 15.6. The van der Waals surface area contributed by atoms with Crippen LogP contribution in [0, 0.1) is 10.4 Å². The van der Waals surface area contributed by atoms with Gasteiger partial charge in [0.15, 0.2) is 0 Å². The topological polar surface area (TPSA) is 209 Å². The van der Waals surface area contributed by atoms with Gasteiger partial charge in [0.25, 0.3) is 0 Å². The first-order valence-corrected chi connectivity index (χ1v) is 9.76. The van der Waals surface area contributed by atoms with Crippen LogP contribution in [-0.2, 0) is 23.5 Å². The Hall–Kier alpha value is -1.99. The van der Waals surface area contributed by atoms with E-state index < -0.39 is 20.9 Å². The first-order chi connectivity index (χ1) is 13.5. The molecule has 16 heteroatoms. The molecule has 2 aromatic rings. The van der Waals surface area contributed by atoms with Crippen LogP contribution >= 0.6 is 0 Å². The summed E-state index contributed by atoms with van der Waals surface area (Å²) in [5, 5.41) is 37.9. The average Bonchev–Trinajstić information content (AvgIpc) is 3.22. The highest BCUT2D eigenvalue weighted by molar-refractivity contribution is 7.79. The van der Waals surface area contributed by atoms with Gasteiger partial charge in [-0.3, -0.25) is 18.2 Å². The van der Waals surface area contributed by atoms with E-state index in [2.05, 4.69) is 14.9 Å². The number of aromatic nitrogens is 4. The molecule has 0 aliphatic carbocycles. The molecule has 29 heavy (non-hydrogen) atoms. The van der Waals surface area contributed by atoms with E-state index in [0.29, 0.717) is 13.1 Å². The molecule has 0 saturated carbocycles. The molecule has 166 valence electrons. The number of rotatable bonds is 10. The number of quaternary nitrogens is 2. The molecule has 2 heterocycles. The van der Waals surface area contributed by atoms with E-state index in [-0.39, 0.29) is 11.9 Å². The summed E-state index contributed by atoms with van der Waals surface area (Å²) in [6.45, 7) is 2.81. The van der Waals surface area contributed by atoms with Crippen molar-refractivity contribution >= 4 is 22.3 Å². The molecule has 0 spiro atoms. The molecule has 0 radical (unpaired) electrons. The van der Waals surface area contributed by atoms with E-state index in [1.54, 1.807) is 21.5 Å². The van der Waals surface area contributed by atoms with Gasteiger partial charge in [0, 0.05) is 25.5 Å². The fraction of sp³-hybridized carbons (Fsp3) is 0.538. The SMILES string of the molecule is CN(CCCn1ccnc1[NH+]([O-])O)CCCn1ccnc1[NH+]([O-])O.O=S(=O)(O)O. The van der Waals surface area contributed by atoms with Gasteiger partial charge in [-0.15, -0.1) is 0 Å². The van der Waals surface area contributed by atoms with Crippen molar-refractivity contribution in [2.75, 3.05) is 20.1 Å². The number of hydrogen-bond donors (Lipinski definition) is 6. The van der Waals surface area contributed by atoms with Gasteiger partial charge < -0.3 is 15.3 Å². The highest BCUT2D eigenvalue weighted by Gasteiger charge is 2.10. The molecule has 2 atom stereocenters. The van der Waals surface area contributed by atoms with Gasteiger partial charge in [-0.1, -0.05) is 0 Å². The van der Waals surface area contributed by atoms with Gasteiger partial charge in [0.05, 0.1) is 12.4 Å². The van der Waals surface area contributed by atoms with Crippen molar-refractivity contribution < 1.29 is 38.4 Å². The molecule has 2 rings (SSSR count). The van der Waals surface area contributed by atoms with Crippen molar-refractivity contribution in [2.45, 2.75) is 25.9 Å². The zero-order valence-corrected chi connectivity index (χ0v) is 16.4. The first-order valence-electron chi connectivity index (χ1n) is 8.36. The van der Waals surface area contributed by atoms with Gasteiger partial charge in [-0.2, -0.15) is 28.8 Å². The Bertz CT molecular complexity index is 762. The summed E-state index contributed by atoms with van der Waals surface area (Å²) < 4.78 is 34.8. The van der Waals surface area contributed by atoms with Crippen molar-refractivity contribution in [1.29, 1.82) is 0 Å². The molecule has 15 nitrogen and oxygen atoms in total. The fourth-order valence-corrected chi connectivity index (χ4v) is 2.51. The fourth-order valence-electron chi connectivity index (χ4n) is 2.51. The lowest BCUT2D eigenvalue weighted by atomic mass is 10.3. The molecule has 0 saturated heterocycles. The van der Waals surface area contributed by atoms with Crippen LogP contribution in [0.25, 0.3) is 0 Å². The maximum atomic E-state index is 11.0. The van der Waals surface area contributed by atoms with Crippen molar-refractivity contribution in [3.8, 4) is 0 Å². The minimum Gasteiger partial charge on any atom is -0.592 e. The molecule has 0 aromatic carbocycles. The predicted molar refractivity (Wildman–Crippen MR) is 96.9 cm³/mol. The number of nitrogens with one attached hydrogen (secondary N) is 2. The third kappa shape index (κ3) is 10.4. The maximum absolute atomic E-state index is 11.0. The summed E-state index contributed by atoms with van der Waals surface area (Å²) in [5.74, 6) is 0.109. The minimum atomic E-state index is -4.67. The molecule has 0 aliphatic rings. The lowest BCUT2D eigenvalue weighted by Crippen LogP contribution is -3.00. The van der Waals surface area contributed by atoms with Crippen molar-refractivity contribution in [1.82, 2.24) is 24.0 Å². The van der Waals surface area contributed by atoms with Crippen LogP contribution in [0.5, 0.6) is 0 Å². The van der Waals surface area contributed by atoms with Gasteiger partial charge in [0.2, 0.25) is 0 Å². The van der Waals surface area contributed by atoms with E-state index >= 15 is 0 Å². The van der Waals surface area contributed by atoms with Gasteiger partial charge >= 0.3 is 22.3 Å². The summed E-state index contributed by atoms with van der Waals surface area (Å²) >= 11 is 0. The normalized spacial score (nSPS) is 13.8. The number of aryl methyl sites for hydroxylation is 2. The van der Waals surface area contributed by atoms with E-state index in [0.717, 1.165) is 25.9 Å². The van der Waals surface area contributed by atoms with Crippen LogP contribution in [0.4, 0.5) is 11.9 Å². The average molecular weight is 439 g/mol. The van der Waals surface area contributed by atoms with Crippen LogP contribution in [0.1, 0.15) is 12.8 Å². The van der Waals surface area contributed by atoms with E-state index in [9.17, 15) is 10.4 Å². The molecule has 0 fully saturated rings. The monoisotopic (exact) mass is 439 g/mol. The Morgan fingerprint density at radius 1 is 0.966 bits per heavy atom. The highest BCUT2D eigenvalue weighted by atomic mass is 32.3. The zero-order chi connectivity index (χ0) is 22.0. The van der Waals surface area contributed by atoms with Gasteiger partial charge in [0.1, 0.15) is 0 Å². The van der Waals surface area contributed by atoms with Crippen LogP contribution in [-0.4, -0.2) is 72.1 Å². The van der Waals surface area contributed by atoms with Crippen LogP contribution in [0.2, 0.25) is 0 Å². The van der Waals surface area contributed by atoms with Crippen LogP contribution < -0.4 is 10.5 Å². The van der Waals surface area contributed by atoms with Crippen LogP contribution in [0.3, 0.4) is 0 Å². The molecule has 2 aromatic heterocycles. The Balaban J connectivity index is 0.000000749. The molecular weight excluding hydrogens is 414 g/mol. The number of imidazole rings is 2. The van der Waals surface area contributed by atoms with Crippen molar-refractivity contribution in [3.63, 3.8) is 0 Å². The second kappa shape index (κ2) is 11.9. The third-order valence-electron chi connectivity index (χ3n) is 3.69. The van der Waals surface area contributed by atoms with Gasteiger partial charge in [-0.25, -0.2) is 10.4 Å². The molecule has 0 aliphatic heterocycles. The smallest absolute Gasteiger partial charge is 0.394 e. The van der Waals surface area contributed by atoms with E-state index in [4.69, 9.17) is 27.9 Å². The first kappa shape index (κ1) is 25.0. The summed E-state index contributed by atoms with van der Waals surface area (Å²) in [6, 6.07) is 0. The van der Waals surface area contributed by atoms with Crippen LogP contribution in [0.15, 0.2) is 24.8 Å². The molecule has 6 N–H and O–H groups in total. The second-order valence-electron chi connectivity index (χ2n) is 5.96. The standard InChI is InChI=1S/C13H23N7O4.H2O4S/c1-16(6-2-8-17-10-4-14-12(17)19(21)22)7-3-9-18-11-5-15-13(18)20(23)24;1-5(2,3)4/h4-5,10-11,19-21,23H,2-3,6-9H2,1H3;(H2,1,2,3,4). The van der Waals surface area contributed by atoms with Crippen molar-refractivity contribution in [2.24, 2.45) is 0 Å². The molecule has 0 amide bonds. The maximum Gasteiger partial charge on any atom is 0.394 e. The Morgan fingerprint density at radius 2 is 1.31 bits per heavy atom. The number of hydrogen-bond acceptors (Lipinski definition) is 9.